The molecule has 0 aromatic carbocycles. The van der Waals surface area contributed by atoms with E-state index in [1.54, 1.807) is 0 Å². The van der Waals surface area contributed by atoms with Gasteiger partial charge in [0.1, 0.15) is 0 Å². The summed E-state index contributed by atoms with van der Waals surface area (Å²) in [5.41, 5.74) is -2.37. The molecule has 2 unspecified atom stereocenters. The molecule has 3 heterocycles. The first kappa shape index (κ1) is 17.1. The Balaban J connectivity index is 1.96. The number of hydrogen-bond donors (Lipinski definition) is 1. The quantitative estimate of drug-likeness (QED) is 0.386. The SMILES string of the molecule is O=c1n(CCCS(=O)(=O)O)c(=O)n(CC2CO2)c(=O)n1CC1CO1. The molecule has 0 amide bonds. The Labute approximate surface area is 135 Å². The lowest BCUT2D eigenvalue weighted by Crippen LogP contribution is -2.55. The van der Waals surface area contributed by atoms with Crippen LogP contribution in [0.5, 0.6) is 0 Å². The fourth-order valence-electron chi connectivity index (χ4n) is 2.35. The van der Waals surface area contributed by atoms with Gasteiger partial charge in [0.05, 0.1) is 44.3 Å². The smallest absolute Gasteiger partial charge is 0.336 e. The lowest BCUT2D eigenvalue weighted by Gasteiger charge is -2.12. The van der Waals surface area contributed by atoms with Crippen LogP contribution >= 0.6 is 0 Å². The molecular weight excluding hydrogens is 346 g/mol. The highest BCUT2D eigenvalue weighted by Crippen LogP contribution is 2.10. The largest absolute Gasteiger partial charge is 0.371 e. The summed E-state index contributed by atoms with van der Waals surface area (Å²) >= 11 is 0. The molecule has 0 radical (unpaired) electrons. The van der Waals surface area contributed by atoms with E-state index in [0.29, 0.717) is 13.2 Å². The first-order valence-electron chi connectivity index (χ1n) is 7.39. The minimum absolute atomic E-state index is 0.0295. The molecule has 2 aliphatic heterocycles. The van der Waals surface area contributed by atoms with Crippen molar-refractivity contribution >= 4 is 10.1 Å². The summed E-state index contributed by atoms with van der Waals surface area (Å²) in [7, 11) is -4.20. The Morgan fingerprint density at radius 2 is 1.33 bits per heavy atom. The van der Waals surface area contributed by atoms with Crippen LogP contribution in [0.15, 0.2) is 14.4 Å². The van der Waals surface area contributed by atoms with E-state index in [1.807, 2.05) is 0 Å². The third kappa shape index (κ3) is 4.01. The summed E-state index contributed by atoms with van der Waals surface area (Å²) in [5, 5.41) is 0. The van der Waals surface area contributed by atoms with Crippen LogP contribution in [0.2, 0.25) is 0 Å². The Bertz CT molecular complexity index is 851. The third-order valence-electron chi connectivity index (χ3n) is 3.75. The molecule has 2 fully saturated rings. The molecule has 134 valence electrons. The van der Waals surface area contributed by atoms with Crippen molar-refractivity contribution < 1.29 is 22.4 Å². The van der Waals surface area contributed by atoms with E-state index in [4.69, 9.17) is 14.0 Å². The van der Waals surface area contributed by atoms with Gasteiger partial charge < -0.3 is 9.47 Å². The minimum atomic E-state index is -4.20. The Kier molecular flexibility index (Phi) is 4.46. The van der Waals surface area contributed by atoms with Gasteiger partial charge in [-0.25, -0.2) is 28.1 Å². The predicted molar refractivity (Wildman–Crippen MR) is 79.7 cm³/mol. The minimum Gasteiger partial charge on any atom is -0.371 e. The van der Waals surface area contributed by atoms with Crippen LogP contribution in [-0.4, -0.2) is 57.8 Å². The molecule has 11 nitrogen and oxygen atoms in total. The number of aromatic nitrogens is 3. The number of nitrogens with zero attached hydrogens (tertiary/aromatic N) is 3. The molecular formula is C12H17N3O8S. The molecule has 0 aliphatic carbocycles. The number of rotatable bonds is 8. The van der Waals surface area contributed by atoms with Gasteiger partial charge in [0.25, 0.3) is 10.1 Å². The molecule has 24 heavy (non-hydrogen) atoms. The van der Waals surface area contributed by atoms with Crippen LogP contribution in [0, 0.1) is 0 Å². The van der Waals surface area contributed by atoms with Crippen molar-refractivity contribution in [1.82, 2.24) is 13.7 Å². The molecule has 0 spiro atoms. The fourth-order valence-corrected chi connectivity index (χ4v) is 2.84. The number of epoxide rings is 2. The maximum atomic E-state index is 12.4. The van der Waals surface area contributed by atoms with E-state index < -0.39 is 32.9 Å². The normalized spacial score (nSPS) is 22.5. The van der Waals surface area contributed by atoms with Gasteiger partial charge in [0.15, 0.2) is 0 Å². The average molecular weight is 363 g/mol. The number of hydrogen-bond acceptors (Lipinski definition) is 7. The van der Waals surface area contributed by atoms with Crippen molar-refractivity contribution in [3.8, 4) is 0 Å². The van der Waals surface area contributed by atoms with Crippen molar-refractivity contribution in [3.05, 3.63) is 31.5 Å². The van der Waals surface area contributed by atoms with Gasteiger partial charge in [-0.3, -0.25) is 4.55 Å². The van der Waals surface area contributed by atoms with Crippen LogP contribution in [0.25, 0.3) is 0 Å². The molecule has 1 N–H and O–H groups in total. The summed E-state index contributed by atoms with van der Waals surface area (Å²) in [5.74, 6) is -0.588. The van der Waals surface area contributed by atoms with Crippen LogP contribution in [0.1, 0.15) is 6.42 Å². The van der Waals surface area contributed by atoms with E-state index in [2.05, 4.69) is 0 Å². The third-order valence-corrected chi connectivity index (χ3v) is 4.55. The summed E-state index contributed by atoms with van der Waals surface area (Å²) in [6.45, 7) is 0.692. The highest BCUT2D eigenvalue weighted by molar-refractivity contribution is 7.85. The van der Waals surface area contributed by atoms with Crippen molar-refractivity contribution in [1.29, 1.82) is 0 Å². The molecule has 1 aromatic rings. The standard InChI is InChI=1S/C12H17N3O8S/c16-10-13(2-1-3-24(19,20)21)11(17)15(5-9-7-23-9)12(18)14(10)4-8-6-22-8/h8-9H,1-7H2,(H,19,20,21). The monoisotopic (exact) mass is 363 g/mol. The highest BCUT2D eigenvalue weighted by atomic mass is 32.2. The van der Waals surface area contributed by atoms with E-state index in [-0.39, 0.29) is 38.3 Å². The molecule has 0 bridgehead atoms. The zero-order chi connectivity index (χ0) is 17.5. The van der Waals surface area contributed by atoms with Gasteiger partial charge in [-0.1, -0.05) is 0 Å². The zero-order valence-electron chi connectivity index (χ0n) is 12.7. The van der Waals surface area contributed by atoms with Gasteiger partial charge in [0.2, 0.25) is 0 Å². The second-order valence-corrected chi connectivity index (χ2v) is 7.34. The van der Waals surface area contributed by atoms with E-state index in [1.165, 1.54) is 0 Å². The fraction of sp³-hybridized carbons (Fsp3) is 0.750. The molecule has 2 aliphatic rings. The maximum absolute atomic E-state index is 12.4. The van der Waals surface area contributed by atoms with Crippen molar-refractivity contribution in [2.45, 2.75) is 38.3 Å². The van der Waals surface area contributed by atoms with Gasteiger partial charge in [0, 0.05) is 6.54 Å². The van der Waals surface area contributed by atoms with Crippen molar-refractivity contribution in [2.75, 3.05) is 19.0 Å². The summed E-state index contributed by atoms with van der Waals surface area (Å²) < 4.78 is 43.0. The zero-order valence-corrected chi connectivity index (χ0v) is 13.5. The first-order valence-corrected chi connectivity index (χ1v) is 9.00. The Hall–Kier alpha value is -1.76. The Morgan fingerprint density at radius 3 is 1.71 bits per heavy atom. The molecule has 2 atom stereocenters. The van der Waals surface area contributed by atoms with Crippen LogP contribution < -0.4 is 17.1 Å². The lowest BCUT2D eigenvalue weighted by molar-refractivity contribution is 0.340. The molecule has 1 aromatic heterocycles. The van der Waals surface area contributed by atoms with E-state index in [0.717, 1.165) is 13.7 Å². The molecule has 2 saturated heterocycles. The summed E-state index contributed by atoms with van der Waals surface area (Å²) in [6.07, 6.45) is -0.624. The van der Waals surface area contributed by atoms with Crippen molar-refractivity contribution in [3.63, 3.8) is 0 Å². The van der Waals surface area contributed by atoms with Gasteiger partial charge in [-0.2, -0.15) is 8.42 Å². The van der Waals surface area contributed by atoms with Gasteiger partial charge in [-0.05, 0) is 6.42 Å². The van der Waals surface area contributed by atoms with Gasteiger partial charge >= 0.3 is 17.1 Å². The Morgan fingerprint density at radius 1 is 0.917 bits per heavy atom. The van der Waals surface area contributed by atoms with Crippen LogP contribution in [0.3, 0.4) is 0 Å². The summed E-state index contributed by atoms with van der Waals surface area (Å²) in [6, 6.07) is 0. The summed E-state index contributed by atoms with van der Waals surface area (Å²) in [4.78, 5) is 37.2. The van der Waals surface area contributed by atoms with Crippen molar-refractivity contribution in [2.24, 2.45) is 0 Å². The van der Waals surface area contributed by atoms with Gasteiger partial charge in [-0.15, -0.1) is 0 Å². The molecule has 0 saturated carbocycles. The molecule has 3 rings (SSSR count). The lowest BCUT2D eigenvalue weighted by atomic mass is 10.4. The van der Waals surface area contributed by atoms with E-state index in [9.17, 15) is 22.8 Å². The predicted octanol–water partition coefficient (Wildman–Crippen LogP) is -2.75. The average Bonchev–Trinajstić information content (AvgIpc) is 3.37. The topological polar surface area (TPSA) is 145 Å². The second-order valence-electron chi connectivity index (χ2n) is 5.77. The second kappa shape index (κ2) is 6.27. The first-order chi connectivity index (χ1) is 11.3. The number of ether oxygens (including phenoxy) is 2. The van der Waals surface area contributed by atoms with E-state index >= 15 is 0 Å². The van der Waals surface area contributed by atoms with Crippen LogP contribution in [0.4, 0.5) is 0 Å². The van der Waals surface area contributed by atoms with Crippen LogP contribution in [-0.2, 0) is 39.2 Å². The maximum Gasteiger partial charge on any atom is 0.336 e. The molecule has 12 heteroatoms. The highest BCUT2D eigenvalue weighted by Gasteiger charge is 2.29.